The zero-order valence-electron chi connectivity index (χ0n) is 14.3. The minimum atomic E-state index is -0.0266. The lowest BCUT2D eigenvalue weighted by Crippen LogP contribution is -2.30. The topological polar surface area (TPSA) is 52.5 Å². The first-order valence-electron chi connectivity index (χ1n) is 8.22. The first kappa shape index (κ1) is 19.9. The van der Waals surface area contributed by atoms with Gasteiger partial charge in [-0.15, -0.1) is 0 Å². The van der Waals surface area contributed by atoms with Crippen molar-refractivity contribution in [2.24, 2.45) is 10.8 Å². The second kappa shape index (κ2) is 9.75. The van der Waals surface area contributed by atoms with Crippen molar-refractivity contribution in [2.75, 3.05) is 19.7 Å². The number of piperidine rings is 1. The molecular formula is C17H37NO2. The van der Waals surface area contributed by atoms with Crippen LogP contribution in [0, 0.1) is 10.8 Å². The highest BCUT2D eigenvalue weighted by Gasteiger charge is 2.19. The molecule has 0 atom stereocenters. The average Bonchev–Trinajstić information content (AvgIpc) is 2.40. The van der Waals surface area contributed by atoms with Crippen molar-refractivity contribution in [3.8, 4) is 0 Å². The molecule has 0 aliphatic carbocycles. The third-order valence-corrected chi connectivity index (χ3v) is 4.40. The van der Waals surface area contributed by atoms with Crippen LogP contribution in [0.5, 0.6) is 0 Å². The van der Waals surface area contributed by atoms with Gasteiger partial charge in [-0.25, -0.2) is 0 Å². The molecule has 3 N–H and O–H groups in total. The van der Waals surface area contributed by atoms with Gasteiger partial charge in [-0.2, -0.15) is 0 Å². The van der Waals surface area contributed by atoms with Crippen LogP contribution in [0.3, 0.4) is 0 Å². The van der Waals surface area contributed by atoms with Crippen molar-refractivity contribution in [2.45, 2.75) is 79.2 Å². The van der Waals surface area contributed by atoms with Crippen LogP contribution >= 0.6 is 0 Å². The molecule has 3 heteroatoms. The lowest BCUT2D eigenvalue weighted by molar-refractivity contribution is 0.137. The maximum atomic E-state index is 9.08. The van der Waals surface area contributed by atoms with Crippen molar-refractivity contribution in [3.63, 3.8) is 0 Å². The van der Waals surface area contributed by atoms with Gasteiger partial charge in [0.15, 0.2) is 0 Å². The summed E-state index contributed by atoms with van der Waals surface area (Å²) in [6, 6.07) is 0. The molecule has 0 aromatic rings. The number of aliphatic hydroxyl groups excluding tert-OH is 2. The molecule has 1 saturated heterocycles. The van der Waals surface area contributed by atoms with Crippen molar-refractivity contribution >= 4 is 0 Å². The predicted molar refractivity (Wildman–Crippen MR) is 86.9 cm³/mol. The van der Waals surface area contributed by atoms with Gasteiger partial charge in [0.2, 0.25) is 0 Å². The van der Waals surface area contributed by atoms with E-state index in [2.05, 4.69) is 39.9 Å². The molecule has 0 aromatic heterocycles. The van der Waals surface area contributed by atoms with Crippen molar-refractivity contribution in [1.29, 1.82) is 0 Å². The zero-order chi connectivity index (χ0) is 15.6. The summed E-state index contributed by atoms with van der Waals surface area (Å²) in [5, 5.41) is 21.1. The Morgan fingerprint density at radius 3 is 1.85 bits per heavy atom. The van der Waals surface area contributed by atoms with Crippen LogP contribution in [0.2, 0.25) is 0 Å². The second-order valence-electron chi connectivity index (χ2n) is 7.67. The molecule has 20 heavy (non-hydrogen) atoms. The lowest BCUT2D eigenvalue weighted by atomic mass is 9.80. The van der Waals surface area contributed by atoms with E-state index in [9.17, 15) is 0 Å². The van der Waals surface area contributed by atoms with Crippen LogP contribution in [0.15, 0.2) is 0 Å². The highest BCUT2D eigenvalue weighted by atomic mass is 16.3. The molecule has 0 spiro atoms. The quantitative estimate of drug-likeness (QED) is 0.702. The number of aliphatic hydroxyl groups is 2. The lowest BCUT2D eigenvalue weighted by Gasteiger charge is -2.26. The Labute approximate surface area is 126 Å². The summed E-state index contributed by atoms with van der Waals surface area (Å²) < 4.78 is 0. The van der Waals surface area contributed by atoms with Gasteiger partial charge >= 0.3 is 0 Å². The van der Waals surface area contributed by atoms with E-state index in [-0.39, 0.29) is 11.5 Å². The Bertz CT molecular complexity index is 217. The monoisotopic (exact) mass is 287 g/mol. The van der Waals surface area contributed by atoms with Crippen LogP contribution in [0.25, 0.3) is 0 Å². The van der Waals surface area contributed by atoms with Crippen molar-refractivity contribution in [3.05, 3.63) is 0 Å². The van der Waals surface area contributed by atoms with Crippen molar-refractivity contribution in [1.82, 2.24) is 5.32 Å². The fourth-order valence-corrected chi connectivity index (χ4v) is 2.11. The van der Waals surface area contributed by atoms with Gasteiger partial charge in [0.1, 0.15) is 0 Å². The molecule has 0 amide bonds. The van der Waals surface area contributed by atoms with Gasteiger partial charge in [0, 0.05) is 6.61 Å². The Kier molecular flexibility index (Phi) is 9.69. The van der Waals surface area contributed by atoms with Crippen LogP contribution in [-0.4, -0.2) is 36.0 Å². The molecule has 1 aliphatic heterocycles. The first-order chi connectivity index (χ1) is 9.22. The smallest absolute Gasteiger partial charge is 0.0564 e. The first-order valence-corrected chi connectivity index (χ1v) is 8.22. The van der Waals surface area contributed by atoms with E-state index in [4.69, 9.17) is 10.2 Å². The minimum Gasteiger partial charge on any atom is -0.396 e. The summed E-state index contributed by atoms with van der Waals surface area (Å²) in [4.78, 5) is 0. The van der Waals surface area contributed by atoms with E-state index >= 15 is 0 Å². The van der Waals surface area contributed by atoms with Crippen LogP contribution in [0.4, 0.5) is 0 Å². The Balaban J connectivity index is 0.000000428. The highest BCUT2D eigenvalue weighted by Crippen LogP contribution is 2.30. The Hall–Kier alpha value is -0.120. The predicted octanol–water partition coefficient (Wildman–Crippen LogP) is 3.34. The molecule has 0 unspecified atom stereocenters. The van der Waals surface area contributed by atoms with E-state index in [1.54, 1.807) is 0 Å². The summed E-state index contributed by atoms with van der Waals surface area (Å²) in [6.07, 6.45) is 6.71. The molecule has 122 valence electrons. The number of hydrogen-bond donors (Lipinski definition) is 3. The van der Waals surface area contributed by atoms with Gasteiger partial charge in [0.05, 0.1) is 6.10 Å². The van der Waals surface area contributed by atoms with E-state index < -0.39 is 0 Å². The number of hydrogen-bond acceptors (Lipinski definition) is 3. The summed E-state index contributed by atoms with van der Waals surface area (Å²) in [6.45, 7) is 13.4. The van der Waals surface area contributed by atoms with E-state index in [0.717, 1.165) is 32.4 Å². The normalized spacial score (nSPS) is 17.6. The van der Waals surface area contributed by atoms with Gasteiger partial charge in [-0.3, -0.25) is 0 Å². The van der Waals surface area contributed by atoms with Gasteiger partial charge in [-0.05, 0) is 49.6 Å². The largest absolute Gasteiger partial charge is 0.396 e. The van der Waals surface area contributed by atoms with E-state index in [0.29, 0.717) is 12.0 Å². The van der Waals surface area contributed by atoms with Gasteiger partial charge in [-0.1, -0.05) is 47.5 Å². The van der Waals surface area contributed by atoms with Crippen molar-refractivity contribution < 1.29 is 10.2 Å². The standard InChI is InChI=1S/C12H26O.C5H11NO/c1-6-11(2,3)8-7-9-12(4,5)10-13;7-5-1-3-6-4-2-5/h13H,6-10H2,1-5H3;5-7H,1-4H2. The van der Waals surface area contributed by atoms with Crippen LogP contribution < -0.4 is 5.32 Å². The maximum Gasteiger partial charge on any atom is 0.0564 e. The average molecular weight is 287 g/mol. The molecule has 1 aliphatic rings. The summed E-state index contributed by atoms with van der Waals surface area (Å²) in [5.74, 6) is 0. The van der Waals surface area contributed by atoms with E-state index in [1.807, 2.05) is 0 Å². The molecule has 1 fully saturated rings. The highest BCUT2D eigenvalue weighted by molar-refractivity contribution is 4.71. The molecule has 1 rings (SSSR count). The van der Waals surface area contributed by atoms with Gasteiger partial charge in [0.25, 0.3) is 0 Å². The van der Waals surface area contributed by atoms with Crippen LogP contribution in [-0.2, 0) is 0 Å². The maximum absolute atomic E-state index is 9.08. The second-order valence-corrected chi connectivity index (χ2v) is 7.67. The molecular weight excluding hydrogens is 250 g/mol. The van der Waals surface area contributed by atoms with E-state index in [1.165, 1.54) is 19.3 Å². The summed E-state index contributed by atoms with van der Waals surface area (Å²) >= 11 is 0. The molecule has 3 nitrogen and oxygen atoms in total. The molecule has 0 saturated carbocycles. The number of nitrogens with one attached hydrogen (secondary N) is 1. The summed E-state index contributed by atoms with van der Waals surface area (Å²) in [5.41, 5.74) is 0.593. The Morgan fingerprint density at radius 2 is 1.50 bits per heavy atom. The fraction of sp³-hybridized carbons (Fsp3) is 1.00. The summed E-state index contributed by atoms with van der Waals surface area (Å²) in [7, 11) is 0. The minimum absolute atomic E-state index is 0.0266. The SMILES string of the molecule is CCC(C)(C)CCCC(C)(C)CO.OC1CCNCC1. The zero-order valence-corrected chi connectivity index (χ0v) is 14.3. The number of rotatable bonds is 6. The molecule has 0 aromatic carbocycles. The molecule has 0 bridgehead atoms. The van der Waals surface area contributed by atoms with Crippen LogP contribution in [0.1, 0.15) is 73.1 Å². The fourth-order valence-electron chi connectivity index (χ4n) is 2.11. The Morgan fingerprint density at radius 1 is 1.00 bits per heavy atom. The molecule has 1 heterocycles. The third kappa shape index (κ3) is 10.6. The molecule has 0 radical (unpaired) electrons. The van der Waals surface area contributed by atoms with Gasteiger partial charge < -0.3 is 15.5 Å². The third-order valence-electron chi connectivity index (χ3n) is 4.40.